The van der Waals surface area contributed by atoms with E-state index in [1.807, 2.05) is 32.3 Å². The van der Waals surface area contributed by atoms with Gasteiger partial charge in [-0.3, -0.25) is 9.88 Å². The van der Waals surface area contributed by atoms with Gasteiger partial charge in [0.2, 0.25) is 10.0 Å². The second-order valence-corrected chi connectivity index (χ2v) is 12.1. The number of hydrogen-bond donors (Lipinski definition) is 1. The van der Waals surface area contributed by atoms with Crippen molar-refractivity contribution >= 4 is 10.0 Å². The quantitative estimate of drug-likeness (QED) is 0.598. The molecule has 1 aliphatic carbocycles. The number of aliphatic hydroxyl groups excluding tert-OH is 1. The number of ether oxygens (including phenoxy) is 1. The van der Waals surface area contributed by atoms with Gasteiger partial charge in [-0.1, -0.05) is 37.7 Å². The van der Waals surface area contributed by atoms with Crippen LogP contribution < -0.4 is 4.74 Å². The molecule has 4 rings (SSSR count). The zero-order valence-corrected chi connectivity index (χ0v) is 22.2. The standard InChI is InChI=1S/C28H37N3O4S/c1-21-17-31(22(2)20-32)36(33,34)28-13-12-24(11-10-23-7-4-5-8-23)15-26(28)35-27(21)19-30(3)18-25-9-6-14-29-16-25/h6,9,12-16,21-23,27,32H,4-5,7-8,17-20H2,1-3H3/t21-,22-,27+/m1/s1. The number of nitrogens with zero attached hydrogens (tertiary/aromatic N) is 3. The van der Waals surface area contributed by atoms with Gasteiger partial charge in [-0.25, -0.2) is 8.42 Å². The predicted molar refractivity (Wildman–Crippen MR) is 140 cm³/mol. The third kappa shape index (κ3) is 6.27. The first-order valence-electron chi connectivity index (χ1n) is 12.8. The lowest BCUT2D eigenvalue weighted by Crippen LogP contribution is -2.49. The molecule has 1 saturated carbocycles. The summed E-state index contributed by atoms with van der Waals surface area (Å²) >= 11 is 0. The van der Waals surface area contributed by atoms with E-state index in [1.54, 1.807) is 31.3 Å². The van der Waals surface area contributed by atoms with E-state index in [-0.39, 0.29) is 30.1 Å². The smallest absolute Gasteiger partial charge is 0.247 e. The van der Waals surface area contributed by atoms with Gasteiger partial charge in [0.25, 0.3) is 0 Å². The number of rotatable bonds is 6. The number of aliphatic hydroxyl groups is 1. The van der Waals surface area contributed by atoms with Crippen molar-refractivity contribution in [3.8, 4) is 17.6 Å². The predicted octanol–water partition coefficient (Wildman–Crippen LogP) is 3.52. The average molecular weight is 512 g/mol. The number of pyridine rings is 1. The molecule has 1 aromatic heterocycles. The van der Waals surface area contributed by atoms with E-state index in [0.717, 1.165) is 24.0 Å². The average Bonchev–Trinajstić information content (AvgIpc) is 3.39. The van der Waals surface area contributed by atoms with Crippen LogP contribution in [0.15, 0.2) is 47.6 Å². The van der Waals surface area contributed by atoms with Crippen molar-refractivity contribution in [3.05, 3.63) is 53.9 Å². The van der Waals surface area contributed by atoms with Crippen LogP contribution in [0, 0.1) is 23.7 Å². The number of likely N-dealkylation sites (N-methyl/N-ethyl adjacent to an activating group) is 1. The Bertz CT molecular complexity index is 1190. The van der Waals surface area contributed by atoms with Crippen LogP contribution in [0.2, 0.25) is 0 Å². The highest BCUT2D eigenvalue weighted by Gasteiger charge is 2.38. The van der Waals surface area contributed by atoms with Crippen molar-refractivity contribution in [2.75, 3.05) is 26.7 Å². The topological polar surface area (TPSA) is 83.0 Å². The van der Waals surface area contributed by atoms with Gasteiger partial charge in [-0.2, -0.15) is 4.31 Å². The molecule has 3 atom stereocenters. The van der Waals surface area contributed by atoms with E-state index >= 15 is 0 Å². The molecular formula is C28H37N3O4S. The third-order valence-corrected chi connectivity index (χ3v) is 9.13. The highest BCUT2D eigenvalue weighted by molar-refractivity contribution is 7.89. The summed E-state index contributed by atoms with van der Waals surface area (Å²) in [6.45, 7) is 5.06. The molecule has 0 bridgehead atoms. The number of fused-ring (bicyclic) bond motifs is 1. The number of benzene rings is 1. The minimum atomic E-state index is -3.86. The van der Waals surface area contributed by atoms with Crippen molar-refractivity contribution in [1.82, 2.24) is 14.2 Å². The zero-order valence-electron chi connectivity index (χ0n) is 21.4. The fraction of sp³-hybridized carbons (Fsp3) is 0.536. The lowest BCUT2D eigenvalue weighted by molar-refractivity contribution is 0.0733. The summed E-state index contributed by atoms with van der Waals surface area (Å²) in [6, 6.07) is 8.54. The molecule has 1 N–H and O–H groups in total. The van der Waals surface area contributed by atoms with Crippen LogP contribution in [0.3, 0.4) is 0 Å². The van der Waals surface area contributed by atoms with Crippen LogP contribution in [0.1, 0.15) is 50.7 Å². The Morgan fingerprint density at radius 2 is 2.06 bits per heavy atom. The van der Waals surface area contributed by atoms with Crippen LogP contribution in [0.5, 0.6) is 5.75 Å². The number of sulfonamides is 1. The first kappa shape index (κ1) is 26.6. The van der Waals surface area contributed by atoms with Gasteiger partial charge < -0.3 is 9.84 Å². The van der Waals surface area contributed by atoms with Gasteiger partial charge >= 0.3 is 0 Å². The number of hydrogen-bond acceptors (Lipinski definition) is 6. The summed E-state index contributed by atoms with van der Waals surface area (Å²) in [5, 5.41) is 9.84. The fourth-order valence-electron chi connectivity index (χ4n) is 4.95. The molecule has 2 aliphatic rings. The van der Waals surface area contributed by atoms with Gasteiger partial charge in [0, 0.05) is 55.5 Å². The molecule has 2 aromatic rings. The summed E-state index contributed by atoms with van der Waals surface area (Å²) < 4.78 is 35.2. The monoisotopic (exact) mass is 511 g/mol. The first-order chi connectivity index (χ1) is 17.3. The Morgan fingerprint density at radius 3 is 2.75 bits per heavy atom. The summed E-state index contributed by atoms with van der Waals surface area (Å²) in [5.41, 5.74) is 1.86. The molecule has 0 radical (unpaired) electrons. The van der Waals surface area contributed by atoms with Gasteiger partial charge in [-0.15, -0.1) is 0 Å². The SMILES string of the molecule is C[C@@H]1CN([C@H](C)CO)S(=O)(=O)c2ccc(C#CC3CCCC3)cc2O[C@H]1CN(C)Cc1cccnc1. The Morgan fingerprint density at radius 1 is 1.28 bits per heavy atom. The zero-order chi connectivity index (χ0) is 25.7. The van der Waals surface area contributed by atoms with Crippen molar-refractivity contribution in [2.45, 2.75) is 63.1 Å². The van der Waals surface area contributed by atoms with E-state index in [4.69, 9.17) is 4.74 Å². The minimum Gasteiger partial charge on any atom is -0.487 e. The first-order valence-corrected chi connectivity index (χ1v) is 14.2. The molecular weight excluding hydrogens is 474 g/mol. The molecule has 1 fully saturated rings. The highest BCUT2D eigenvalue weighted by Crippen LogP contribution is 2.34. The van der Waals surface area contributed by atoms with E-state index in [2.05, 4.69) is 21.7 Å². The van der Waals surface area contributed by atoms with E-state index in [9.17, 15) is 13.5 Å². The highest BCUT2D eigenvalue weighted by atomic mass is 32.2. The third-order valence-electron chi connectivity index (χ3n) is 7.11. The molecule has 194 valence electrons. The fourth-order valence-corrected chi connectivity index (χ4v) is 6.78. The van der Waals surface area contributed by atoms with Gasteiger partial charge in [-0.05, 0) is 56.6 Å². The Labute approximate surface area is 215 Å². The maximum atomic E-state index is 13.7. The van der Waals surface area contributed by atoms with Crippen molar-refractivity contribution in [2.24, 2.45) is 11.8 Å². The van der Waals surface area contributed by atoms with Crippen LogP contribution in [-0.4, -0.2) is 66.6 Å². The van der Waals surface area contributed by atoms with Crippen LogP contribution in [0.4, 0.5) is 0 Å². The van der Waals surface area contributed by atoms with Crippen molar-refractivity contribution in [1.29, 1.82) is 0 Å². The molecule has 0 saturated heterocycles. The molecule has 1 aliphatic heterocycles. The molecule has 1 aromatic carbocycles. The lowest BCUT2D eigenvalue weighted by Gasteiger charge is -2.37. The Kier molecular flexibility index (Phi) is 8.68. The largest absolute Gasteiger partial charge is 0.487 e. The molecule has 7 nitrogen and oxygen atoms in total. The van der Waals surface area contributed by atoms with E-state index < -0.39 is 16.1 Å². The Hall–Kier alpha value is -2.44. The summed E-state index contributed by atoms with van der Waals surface area (Å²) in [6.07, 6.45) is 8.03. The molecule has 2 heterocycles. The minimum absolute atomic E-state index is 0.105. The van der Waals surface area contributed by atoms with Crippen LogP contribution >= 0.6 is 0 Å². The lowest BCUT2D eigenvalue weighted by atomic mass is 10.0. The van der Waals surface area contributed by atoms with Gasteiger partial charge in [0.1, 0.15) is 16.7 Å². The second kappa shape index (κ2) is 11.7. The second-order valence-electron chi connectivity index (χ2n) is 10.2. The van der Waals surface area contributed by atoms with Crippen molar-refractivity contribution in [3.63, 3.8) is 0 Å². The maximum Gasteiger partial charge on any atom is 0.247 e. The molecule has 0 amide bonds. The van der Waals surface area contributed by atoms with E-state index in [1.165, 1.54) is 17.1 Å². The van der Waals surface area contributed by atoms with Gasteiger partial charge in [0.05, 0.1) is 6.61 Å². The maximum absolute atomic E-state index is 13.7. The van der Waals surface area contributed by atoms with Crippen LogP contribution in [0.25, 0.3) is 0 Å². The van der Waals surface area contributed by atoms with Crippen LogP contribution in [-0.2, 0) is 16.6 Å². The molecule has 36 heavy (non-hydrogen) atoms. The summed E-state index contributed by atoms with van der Waals surface area (Å²) in [5.74, 6) is 7.24. The number of aromatic nitrogens is 1. The summed E-state index contributed by atoms with van der Waals surface area (Å²) in [4.78, 5) is 6.49. The summed E-state index contributed by atoms with van der Waals surface area (Å²) in [7, 11) is -1.83. The molecule has 0 unspecified atom stereocenters. The normalized spacial score (nSPS) is 23.1. The Balaban J connectivity index is 1.66. The van der Waals surface area contributed by atoms with E-state index in [0.29, 0.717) is 24.8 Å². The molecule has 8 heteroatoms. The van der Waals surface area contributed by atoms with Gasteiger partial charge in [0.15, 0.2) is 0 Å². The molecule has 0 spiro atoms. The van der Waals surface area contributed by atoms with Crippen molar-refractivity contribution < 1.29 is 18.3 Å².